The molecule has 0 fully saturated rings. The van der Waals surface area contributed by atoms with Gasteiger partial charge in [-0.2, -0.15) is 0 Å². The van der Waals surface area contributed by atoms with Crippen molar-refractivity contribution in [3.05, 3.63) is 72.9 Å². The molecule has 1 N–H and O–H groups in total. The number of imidazole rings is 1. The van der Waals surface area contributed by atoms with Gasteiger partial charge in [-0.3, -0.25) is 9.36 Å². The van der Waals surface area contributed by atoms with Crippen molar-refractivity contribution in [2.45, 2.75) is 17.1 Å². The first kappa shape index (κ1) is 16.3. The first-order chi connectivity index (χ1) is 11.7. The van der Waals surface area contributed by atoms with Crippen molar-refractivity contribution in [1.82, 2.24) is 19.9 Å². The second kappa shape index (κ2) is 7.79. The summed E-state index contributed by atoms with van der Waals surface area (Å²) in [4.78, 5) is 21.7. The average molecular weight is 338 g/mol. The summed E-state index contributed by atoms with van der Waals surface area (Å²) in [6.07, 6.45) is 6.75. The van der Waals surface area contributed by atoms with Crippen LogP contribution in [-0.4, -0.2) is 32.2 Å². The number of carbonyl (C=O) groups is 1. The average Bonchev–Trinajstić information content (AvgIpc) is 3.15. The molecule has 0 bridgehead atoms. The van der Waals surface area contributed by atoms with Gasteiger partial charge in [0.15, 0.2) is 0 Å². The number of nitrogens with zero attached hydrogens (tertiary/aromatic N) is 3. The molecule has 2 aromatic heterocycles. The van der Waals surface area contributed by atoms with E-state index in [4.69, 9.17) is 0 Å². The van der Waals surface area contributed by atoms with Crippen LogP contribution >= 0.6 is 11.8 Å². The highest BCUT2D eigenvalue weighted by molar-refractivity contribution is 8.00. The summed E-state index contributed by atoms with van der Waals surface area (Å²) in [5.74, 6) is 0.622. The Balaban J connectivity index is 1.53. The maximum atomic E-state index is 12.2. The highest BCUT2D eigenvalue weighted by Gasteiger charge is 2.10. The summed E-state index contributed by atoms with van der Waals surface area (Å²) < 4.78 is 1.79. The number of thioether (sulfide) groups is 1. The summed E-state index contributed by atoms with van der Waals surface area (Å²) in [5, 5.41) is 3.24. The SMILES string of the molecule is C[C@H](CNC(=O)c1ccc(-n2ccnc2)nc1)Sc1ccccc1. The molecule has 1 atom stereocenters. The number of benzene rings is 1. The van der Waals surface area contributed by atoms with Crippen molar-refractivity contribution in [3.8, 4) is 5.82 Å². The highest BCUT2D eigenvalue weighted by atomic mass is 32.2. The van der Waals surface area contributed by atoms with Gasteiger partial charge in [-0.25, -0.2) is 9.97 Å². The third kappa shape index (κ3) is 4.23. The van der Waals surface area contributed by atoms with Crippen LogP contribution in [0.15, 0.2) is 72.3 Å². The van der Waals surface area contributed by atoms with E-state index >= 15 is 0 Å². The minimum atomic E-state index is -0.111. The quantitative estimate of drug-likeness (QED) is 0.701. The van der Waals surface area contributed by atoms with Gasteiger partial charge in [-0.05, 0) is 24.3 Å². The molecule has 5 nitrogen and oxygen atoms in total. The number of amides is 1. The molecule has 0 aliphatic rings. The number of nitrogens with one attached hydrogen (secondary N) is 1. The predicted molar refractivity (Wildman–Crippen MR) is 95.5 cm³/mol. The molecule has 0 spiro atoms. The van der Waals surface area contributed by atoms with E-state index in [1.807, 2.05) is 24.4 Å². The number of rotatable bonds is 6. The van der Waals surface area contributed by atoms with Crippen LogP contribution in [0.4, 0.5) is 0 Å². The number of pyridine rings is 1. The summed E-state index contributed by atoms with van der Waals surface area (Å²) in [7, 11) is 0. The van der Waals surface area contributed by atoms with Gasteiger partial charge in [0, 0.05) is 35.3 Å². The van der Waals surface area contributed by atoms with E-state index in [-0.39, 0.29) is 11.2 Å². The van der Waals surface area contributed by atoms with Crippen LogP contribution in [0.5, 0.6) is 0 Å². The summed E-state index contributed by atoms with van der Waals surface area (Å²) in [6.45, 7) is 2.69. The third-order valence-corrected chi connectivity index (χ3v) is 4.52. The number of carbonyl (C=O) groups excluding carboxylic acids is 1. The molecule has 24 heavy (non-hydrogen) atoms. The molecule has 6 heteroatoms. The third-order valence-electron chi connectivity index (χ3n) is 3.41. The molecule has 3 rings (SSSR count). The highest BCUT2D eigenvalue weighted by Crippen LogP contribution is 2.22. The zero-order chi connectivity index (χ0) is 16.8. The van der Waals surface area contributed by atoms with Crippen molar-refractivity contribution < 1.29 is 4.79 Å². The Morgan fingerprint density at radius 3 is 2.75 bits per heavy atom. The smallest absolute Gasteiger partial charge is 0.252 e. The summed E-state index contributed by atoms with van der Waals surface area (Å²) >= 11 is 1.74. The van der Waals surface area contributed by atoms with Crippen LogP contribution in [0.3, 0.4) is 0 Å². The van der Waals surface area contributed by atoms with Crippen LogP contribution in [0.1, 0.15) is 17.3 Å². The topological polar surface area (TPSA) is 59.8 Å². The molecule has 3 aromatic rings. The lowest BCUT2D eigenvalue weighted by molar-refractivity contribution is 0.0954. The van der Waals surface area contributed by atoms with Gasteiger partial charge in [0.05, 0.1) is 5.56 Å². The van der Waals surface area contributed by atoms with Gasteiger partial charge < -0.3 is 5.32 Å². The fourth-order valence-corrected chi connectivity index (χ4v) is 3.12. The van der Waals surface area contributed by atoms with E-state index in [0.29, 0.717) is 12.1 Å². The number of aromatic nitrogens is 3. The molecule has 0 aliphatic heterocycles. The minimum Gasteiger partial charge on any atom is -0.351 e. The van der Waals surface area contributed by atoms with Crippen molar-refractivity contribution in [2.75, 3.05) is 6.54 Å². The molecule has 0 aliphatic carbocycles. The lowest BCUT2D eigenvalue weighted by Crippen LogP contribution is -2.29. The van der Waals surface area contributed by atoms with E-state index in [9.17, 15) is 4.79 Å². The normalized spacial score (nSPS) is 11.9. The summed E-state index contributed by atoms with van der Waals surface area (Å²) in [5.41, 5.74) is 0.552. The Morgan fingerprint density at radius 2 is 2.08 bits per heavy atom. The molecule has 0 unspecified atom stereocenters. The molecular weight excluding hydrogens is 320 g/mol. The van der Waals surface area contributed by atoms with E-state index in [1.54, 1.807) is 47.2 Å². The van der Waals surface area contributed by atoms with Crippen LogP contribution in [0.2, 0.25) is 0 Å². The van der Waals surface area contributed by atoms with Crippen LogP contribution in [-0.2, 0) is 0 Å². The first-order valence-corrected chi connectivity index (χ1v) is 8.54. The van der Waals surface area contributed by atoms with Gasteiger partial charge in [0.25, 0.3) is 5.91 Å². The standard InChI is InChI=1S/C18H18N4OS/c1-14(24-16-5-3-2-4-6-16)11-21-18(23)15-7-8-17(20-12-15)22-10-9-19-13-22/h2-10,12-14H,11H2,1H3,(H,21,23)/t14-/m1/s1. The Morgan fingerprint density at radius 1 is 1.25 bits per heavy atom. The van der Waals surface area contributed by atoms with Crippen LogP contribution in [0.25, 0.3) is 5.82 Å². The summed E-state index contributed by atoms with van der Waals surface area (Å²) in [6, 6.07) is 13.7. The van der Waals surface area contributed by atoms with Gasteiger partial charge in [-0.15, -0.1) is 11.8 Å². The zero-order valence-corrected chi connectivity index (χ0v) is 14.1. The fraction of sp³-hybridized carbons (Fsp3) is 0.167. The zero-order valence-electron chi connectivity index (χ0n) is 13.3. The fourth-order valence-electron chi connectivity index (χ4n) is 2.18. The van der Waals surface area contributed by atoms with Crippen molar-refractivity contribution in [3.63, 3.8) is 0 Å². The lowest BCUT2D eigenvalue weighted by atomic mass is 10.2. The maximum absolute atomic E-state index is 12.2. The Labute approximate surface area is 145 Å². The van der Waals surface area contributed by atoms with Gasteiger partial charge in [0.1, 0.15) is 12.1 Å². The molecular formula is C18H18N4OS. The Bertz CT molecular complexity index is 773. The monoisotopic (exact) mass is 338 g/mol. The largest absolute Gasteiger partial charge is 0.351 e. The number of hydrogen-bond acceptors (Lipinski definition) is 4. The second-order valence-corrected chi connectivity index (χ2v) is 6.84. The van der Waals surface area contributed by atoms with E-state index in [1.165, 1.54) is 4.90 Å². The van der Waals surface area contributed by atoms with Gasteiger partial charge in [-0.1, -0.05) is 25.1 Å². The Kier molecular flexibility index (Phi) is 5.28. The van der Waals surface area contributed by atoms with Crippen LogP contribution in [0, 0.1) is 0 Å². The maximum Gasteiger partial charge on any atom is 0.252 e. The van der Waals surface area contributed by atoms with E-state index < -0.39 is 0 Å². The van der Waals surface area contributed by atoms with Crippen molar-refractivity contribution in [1.29, 1.82) is 0 Å². The van der Waals surface area contributed by atoms with Gasteiger partial charge in [0.2, 0.25) is 0 Å². The van der Waals surface area contributed by atoms with E-state index in [2.05, 4.69) is 34.3 Å². The van der Waals surface area contributed by atoms with Crippen LogP contribution < -0.4 is 5.32 Å². The molecule has 0 saturated heterocycles. The molecule has 122 valence electrons. The van der Waals surface area contributed by atoms with E-state index in [0.717, 1.165) is 5.82 Å². The van der Waals surface area contributed by atoms with Crippen molar-refractivity contribution in [2.24, 2.45) is 0 Å². The predicted octanol–water partition coefficient (Wildman–Crippen LogP) is 3.18. The molecule has 2 heterocycles. The van der Waals surface area contributed by atoms with Crippen molar-refractivity contribution >= 4 is 17.7 Å². The minimum absolute atomic E-state index is 0.111. The molecule has 1 aromatic carbocycles. The number of hydrogen-bond donors (Lipinski definition) is 1. The first-order valence-electron chi connectivity index (χ1n) is 7.66. The van der Waals surface area contributed by atoms with Gasteiger partial charge >= 0.3 is 0 Å². The second-order valence-electron chi connectivity index (χ2n) is 5.33. The molecule has 0 radical (unpaired) electrons. The molecule has 1 amide bonds. The Hall–Kier alpha value is -2.60. The lowest BCUT2D eigenvalue weighted by Gasteiger charge is -2.12. The molecule has 0 saturated carbocycles.